The van der Waals surface area contributed by atoms with Crippen LogP contribution in [0.5, 0.6) is 0 Å². The van der Waals surface area contributed by atoms with Gasteiger partial charge in [-0.3, -0.25) is 4.79 Å². The van der Waals surface area contributed by atoms with E-state index in [-0.39, 0.29) is 17.8 Å². The maximum atomic E-state index is 14.2. The molecule has 0 aliphatic carbocycles. The Hall–Kier alpha value is -2.44. The van der Waals surface area contributed by atoms with Crippen LogP contribution in [-0.2, 0) is 20.7 Å². The van der Waals surface area contributed by atoms with Crippen molar-refractivity contribution in [3.05, 3.63) is 58.9 Å². The highest BCUT2D eigenvalue weighted by molar-refractivity contribution is 6.30. The number of amides is 2. The van der Waals surface area contributed by atoms with Gasteiger partial charge in [0.25, 0.3) is 0 Å². The molecule has 0 radical (unpaired) electrons. The largest absolute Gasteiger partial charge is 0.443 e. The Labute approximate surface area is 192 Å². The fourth-order valence-corrected chi connectivity index (χ4v) is 4.68. The fraction of sp³-hybridized carbons (Fsp3) is 0.440. The van der Waals surface area contributed by atoms with Gasteiger partial charge in [0.2, 0.25) is 5.91 Å². The molecular formula is C25H27ClFNO4. The molecule has 2 fully saturated rings. The lowest BCUT2D eigenvalue weighted by Gasteiger charge is -2.27. The van der Waals surface area contributed by atoms with Crippen LogP contribution in [-0.4, -0.2) is 41.8 Å². The molecular weight excluding hydrogens is 433 g/mol. The van der Waals surface area contributed by atoms with E-state index in [1.807, 2.05) is 24.3 Å². The molecule has 7 heteroatoms. The van der Waals surface area contributed by atoms with Gasteiger partial charge in [-0.25, -0.2) is 14.1 Å². The Bertz CT molecular complexity index is 1030. The zero-order valence-electron chi connectivity index (χ0n) is 18.5. The van der Waals surface area contributed by atoms with E-state index in [0.29, 0.717) is 48.6 Å². The Morgan fingerprint density at radius 3 is 2.59 bits per heavy atom. The summed E-state index contributed by atoms with van der Waals surface area (Å²) in [6, 6.07) is 11.6. The number of ether oxygens (including phenoxy) is 2. The Balaban J connectivity index is 1.57. The van der Waals surface area contributed by atoms with Crippen molar-refractivity contribution in [1.29, 1.82) is 0 Å². The summed E-state index contributed by atoms with van der Waals surface area (Å²) >= 11 is 6.02. The van der Waals surface area contributed by atoms with Gasteiger partial charge in [0.15, 0.2) is 0 Å². The van der Waals surface area contributed by atoms with Gasteiger partial charge < -0.3 is 9.47 Å². The van der Waals surface area contributed by atoms with Crippen molar-refractivity contribution in [1.82, 2.24) is 4.90 Å². The molecule has 2 saturated heterocycles. The summed E-state index contributed by atoms with van der Waals surface area (Å²) in [5, 5.41) is 0.465. The van der Waals surface area contributed by atoms with Gasteiger partial charge in [0.05, 0.1) is 12.0 Å². The number of hydrogen-bond acceptors (Lipinski definition) is 4. The molecule has 0 bridgehead atoms. The third-order valence-electron chi connectivity index (χ3n) is 6.02. The molecule has 4 rings (SSSR count). The number of hydrogen-bond donors (Lipinski definition) is 0. The van der Waals surface area contributed by atoms with Crippen LogP contribution >= 0.6 is 11.6 Å². The van der Waals surface area contributed by atoms with Crippen LogP contribution in [0.2, 0.25) is 5.02 Å². The highest BCUT2D eigenvalue weighted by Gasteiger charge is 2.56. The number of carbonyl (C=O) groups excluding carboxylic acids is 2. The quantitative estimate of drug-likeness (QED) is 0.596. The first-order chi connectivity index (χ1) is 15.1. The van der Waals surface area contributed by atoms with E-state index < -0.39 is 17.1 Å². The lowest BCUT2D eigenvalue weighted by atomic mass is 9.83. The second kappa shape index (κ2) is 8.49. The van der Waals surface area contributed by atoms with E-state index in [1.165, 1.54) is 17.0 Å². The topological polar surface area (TPSA) is 55.8 Å². The van der Waals surface area contributed by atoms with Crippen LogP contribution in [0.1, 0.15) is 39.2 Å². The molecule has 0 aromatic heterocycles. The number of halogens is 2. The highest BCUT2D eigenvalue weighted by Crippen LogP contribution is 2.44. The van der Waals surface area contributed by atoms with Gasteiger partial charge in [-0.05, 0) is 69.4 Å². The van der Waals surface area contributed by atoms with Crippen molar-refractivity contribution in [2.75, 3.05) is 13.2 Å². The molecule has 32 heavy (non-hydrogen) atoms. The molecule has 2 atom stereocenters. The SMILES string of the molecule is CC(C)(C)OC(=O)N1C(=O)C2(CCOC2)CC1Cc1ccc(-c2cc(Cl)ccc2F)cc1. The van der Waals surface area contributed by atoms with Crippen LogP contribution in [0.25, 0.3) is 11.1 Å². The zero-order chi connectivity index (χ0) is 23.1. The smallest absolute Gasteiger partial charge is 0.417 e. The minimum Gasteiger partial charge on any atom is -0.443 e. The average molecular weight is 460 g/mol. The Morgan fingerprint density at radius 1 is 1.25 bits per heavy atom. The third-order valence-corrected chi connectivity index (χ3v) is 6.26. The number of imide groups is 1. The molecule has 2 unspecified atom stereocenters. The third kappa shape index (κ3) is 4.52. The van der Waals surface area contributed by atoms with Crippen molar-refractivity contribution in [3.63, 3.8) is 0 Å². The molecule has 0 N–H and O–H groups in total. The summed E-state index contributed by atoms with van der Waals surface area (Å²) in [5.41, 5.74) is 0.717. The fourth-order valence-electron chi connectivity index (χ4n) is 4.51. The predicted octanol–water partition coefficient (Wildman–Crippen LogP) is 5.63. The van der Waals surface area contributed by atoms with E-state index in [2.05, 4.69) is 0 Å². The molecule has 2 aromatic carbocycles. The van der Waals surface area contributed by atoms with Crippen LogP contribution in [0.4, 0.5) is 9.18 Å². The van der Waals surface area contributed by atoms with Crippen LogP contribution < -0.4 is 0 Å². The molecule has 170 valence electrons. The van der Waals surface area contributed by atoms with E-state index >= 15 is 0 Å². The van der Waals surface area contributed by atoms with Crippen molar-refractivity contribution in [2.45, 2.75) is 51.7 Å². The minimum absolute atomic E-state index is 0.216. The summed E-state index contributed by atoms with van der Waals surface area (Å²) in [6.07, 6.45) is 1.02. The van der Waals surface area contributed by atoms with E-state index in [0.717, 1.165) is 5.56 Å². The molecule has 2 amide bonds. The standard InChI is InChI=1S/C25H27ClFNO4/c1-24(2,3)32-23(30)28-19(14-25(22(28)29)10-11-31-15-25)12-16-4-6-17(7-5-16)20-13-18(26)8-9-21(20)27/h4-9,13,19H,10-12,14-15H2,1-3H3. The van der Waals surface area contributed by atoms with Crippen LogP contribution in [0.15, 0.2) is 42.5 Å². The van der Waals surface area contributed by atoms with Crippen molar-refractivity contribution in [3.8, 4) is 11.1 Å². The van der Waals surface area contributed by atoms with Crippen molar-refractivity contribution >= 4 is 23.6 Å². The van der Waals surface area contributed by atoms with Gasteiger partial charge in [-0.2, -0.15) is 0 Å². The molecule has 5 nitrogen and oxygen atoms in total. The van der Waals surface area contributed by atoms with Crippen LogP contribution in [0, 0.1) is 11.2 Å². The average Bonchev–Trinajstić information content (AvgIpc) is 3.28. The maximum absolute atomic E-state index is 14.2. The molecule has 2 heterocycles. The molecule has 2 aromatic rings. The maximum Gasteiger partial charge on any atom is 0.417 e. The minimum atomic E-state index is -0.702. The lowest BCUT2D eigenvalue weighted by molar-refractivity contribution is -0.135. The van der Waals surface area contributed by atoms with E-state index in [9.17, 15) is 14.0 Å². The second-order valence-electron chi connectivity index (χ2n) is 9.62. The van der Waals surface area contributed by atoms with Gasteiger partial charge in [-0.15, -0.1) is 0 Å². The normalized spacial score (nSPS) is 23.2. The number of nitrogens with zero attached hydrogens (tertiary/aromatic N) is 1. The summed E-state index contributed by atoms with van der Waals surface area (Å²) in [4.78, 5) is 27.4. The number of rotatable bonds is 3. The van der Waals surface area contributed by atoms with Gasteiger partial charge in [0.1, 0.15) is 11.4 Å². The first-order valence-corrected chi connectivity index (χ1v) is 11.1. The monoisotopic (exact) mass is 459 g/mol. The summed E-state index contributed by atoms with van der Waals surface area (Å²) in [7, 11) is 0. The molecule has 2 aliphatic rings. The zero-order valence-corrected chi connectivity index (χ0v) is 19.2. The summed E-state index contributed by atoms with van der Waals surface area (Å²) in [5.74, 6) is -0.560. The predicted molar refractivity (Wildman–Crippen MR) is 120 cm³/mol. The Kier molecular flexibility index (Phi) is 6.03. The first kappa shape index (κ1) is 22.7. The van der Waals surface area contributed by atoms with Crippen LogP contribution in [0.3, 0.4) is 0 Å². The summed E-state index contributed by atoms with van der Waals surface area (Å²) in [6.45, 7) is 6.18. The number of likely N-dealkylation sites (tertiary alicyclic amines) is 1. The first-order valence-electron chi connectivity index (χ1n) is 10.8. The van der Waals surface area contributed by atoms with Gasteiger partial charge >= 0.3 is 6.09 Å². The summed E-state index contributed by atoms with van der Waals surface area (Å²) < 4.78 is 25.3. The lowest BCUT2D eigenvalue weighted by Crippen LogP contribution is -2.45. The molecule has 1 spiro atoms. The molecule has 0 saturated carbocycles. The van der Waals surface area contributed by atoms with Gasteiger partial charge in [0, 0.05) is 23.2 Å². The van der Waals surface area contributed by atoms with Crippen molar-refractivity contribution in [2.24, 2.45) is 5.41 Å². The van der Waals surface area contributed by atoms with Gasteiger partial charge in [-0.1, -0.05) is 35.9 Å². The second-order valence-corrected chi connectivity index (χ2v) is 10.1. The van der Waals surface area contributed by atoms with Crippen molar-refractivity contribution < 1.29 is 23.5 Å². The Morgan fingerprint density at radius 2 is 1.97 bits per heavy atom. The van der Waals surface area contributed by atoms with E-state index in [1.54, 1.807) is 26.8 Å². The highest BCUT2D eigenvalue weighted by atomic mass is 35.5. The molecule has 2 aliphatic heterocycles. The number of benzene rings is 2. The van der Waals surface area contributed by atoms with E-state index in [4.69, 9.17) is 21.1 Å². The number of carbonyl (C=O) groups is 2.